The van der Waals surface area contributed by atoms with Crippen LogP contribution in [0.2, 0.25) is 0 Å². The molecule has 0 aliphatic rings. The molecule has 2 aromatic rings. The fraction of sp³-hybridized carbons (Fsp3) is 0.133. The van der Waals surface area contributed by atoms with Crippen LogP contribution < -0.4 is 10.6 Å². The zero-order chi connectivity index (χ0) is 14.5. The van der Waals surface area contributed by atoms with Crippen LogP contribution in [-0.4, -0.2) is 11.0 Å². The van der Waals surface area contributed by atoms with Gasteiger partial charge in [0.15, 0.2) is 0 Å². The second-order valence-electron chi connectivity index (χ2n) is 4.36. The fourth-order valence-corrected chi connectivity index (χ4v) is 2.22. The summed E-state index contributed by atoms with van der Waals surface area (Å²) in [6, 6.07) is 12.9. The maximum Gasteiger partial charge on any atom is 0.221 e. The Hall–Kier alpha value is -2.01. The third kappa shape index (κ3) is 3.74. The van der Waals surface area contributed by atoms with Crippen LogP contribution in [-0.2, 0) is 11.3 Å². The number of phenols is 1. The molecule has 2 rings (SSSR count). The van der Waals surface area contributed by atoms with Gasteiger partial charge in [0.25, 0.3) is 0 Å². The number of anilines is 2. The highest BCUT2D eigenvalue weighted by molar-refractivity contribution is 9.10. The number of benzene rings is 2. The standard InChI is InChI=1S/C15H15BrN2O2/c1-10(19)18-13-6-3-5-12(8-13)17-9-11-4-2-7-14(16)15(11)20/h2-8,17,20H,9H2,1H3,(H,18,19). The van der Waals surface area contributed by atoms with E-state index in [-0.39, 0.29) is 11.7 Å². The molecule has 0 aliphatic carbocycles. The first kappa shape index (κ1) is 14.4. The van der Waals surface area contributed by atoms with Gasteiger partial charge >= 0.3 is 0 Å². The molecule has 0 saturated carbocycles. The summed E-state index contributed by atoms with van der Waals surface area (Å²) < 4.78 is 0.670. The highest BCUT2D eigenvalue weighted by Crippen LogP contribution is 2.28. The molecule has 0 aromatic heterocycles. The molecule has 4 nitrogen and oxygen atoms in total. The van der Waals surface area contributed by atoms with Gasteiger partial charge in [-0.25, -0.2) is 0 Å². The SMILES string of the molecule is CC(=O)Nc1cccc(NCc2cccc(Br)c2O)c1. The normalized spacial score (nSPS) is 10.1. The van der Waals surface area contributed by atoms with E-state index in [1.807, 2.05) is 36.4 Å². The van der Waals surface area contributed by atoms with Crippen LogP contribution in [0.15, 0.2) is 46.9 Å². The first-order valence-electron chi connectivity index (χ1n) is 6.14. The quantitative estimate of drug-likeness (QED) is 0.798. The Morgan fingerprint density at radius 2 is 1.90 bits per heavy atom. The number of phenolic OH excluding ortho intramolecular Hbond substituents is 1. The number of carbonyl (C=O) groups is 1. The van der Waals surface area contributed by atoms with Crippen molar-refractivity contribution in [2.24, 2.45) is 0 Å². The van der Waals surface area contributed by atoms with Crippen molar-refractivity contribution in [1.29, 1.82) is 0 Å². The molecular weight excluding hydrogens is 320 g/mol. The molecule has 0 bridgehead atoms. The molecule has 0 spiro atoms. The molecule has 20 heavy (non-hydrogen) atoms. The number of nitrogens with one attached hydrogen (secondary N) is 2. The topological polar surface area (TPSA) is 61.4 Å². The van der Waals surface area contributed by atoms with E-state index < -0.39 is 0 Å². The van der Waals surface area contributed by atoms with Crippen LogP contribution in [0.3, 0.4) is 0 Å². The minimum absolute atomic E-state index is 0.105. The van der Waals surface area contributed by atoms with E-state index in [1.165, 1.54) is 6.92 Å². The first-order chi connectivity index (χ1) is 9.56. The molecule has 2 aromatic carbocycles. The van der Waals surface area contributed by atoms with E-state index in [0.717, 1.165) is 16.9 Å². The third-order valence-corrected chi connectivity index (χ3v) is 3.38. The van der Waals surface area contributed by atoms with E-state index in [0.29, 0.717) is 11.0 Å². The number of halogens is 1. The zero-order valence-corrected chi connectivity index (χ0v) is 12.6. The Morgan fingerprint density at radius 1 is 1.20 bits per heavy atom. The summed E-state index contributed by atoms with van der Waals surface area (Å²) >= 11 is 3.29. The fourth-order valence-electron chi connectivity index (χ4n) is 1.81. The predicted octanol–water partition coefficient (Wildman–Crippen LogP) is 3.73. The van der Waals surface area contributed by atoms with Crippen LogP contribution in [0.5, 0.6) is 5.75 Å². The maximum atomic E-state index is 11.0. The van der Waals surface area contributed by atoms with Gasteiger partial charge in [-0.1, -0.05) is 18.2 Å². The maximum absolute atomic E-state index is 11.0. The Bertz CT molecular complexity index is 629. The highest BCUT2D eigenvalue weighted by atomic mass is 79.9. The monoisotopic (exact) mass is 334 g/mol. The van der Waals surface area contributed by atoms with E-state index >= 15 is 0 Å². The van der Waals surface area contributed by atoms with Crippen molar-refractivity contribution in [2.45, 2.75) is 13.5 Å². The molecule has 0 saturated heterocycles. The lowest BCUT2D eigenvalue weighted by molar-refractivity contribution is -0.114. The summed E-state index contributed by atoms with van der Waals surface area (Å²) in [5.74, 6) is 0.129. The second kappa shape index (κ2) is 6.43. The van der Waals surface area contributed by atoms with Crippen LogP contribution in [0.25, 0.3) is 0 Å². The summed E-state index contributed by atoms with van der Waals surface area (Å²) in [7, 11) is 0. The highest BCUT2D eigenvalue weighted by Gasteiger charge is 2.04. The van der Waals surface area contributed by atoms with E-state index in [9.17, 15) is 9.90 Å². The summed E-state index contributed by atoms with van der Waals surface area (Å²) in [4.78, 5) is 11.0. The number of hydrogen-bond donors (Lipinski definition) is 3. The predicted molar refractivity (Wildman–Crippen MR) is 83.9 cm³/mol. The Balaban J connectivity index is 2.07. The van der Waals surface area contributed by atoms with Crippen molar-refractivity contribution in [3.63, 3.8) is 0 Å². The van der Waals surface area contributed by atoms with Gasteiger partial charge in [-0.05, 0) is 40.2 Å². The number of aromatic hydroxyl groups is 1. The minimum atomic E-state index is -0.105. The molecular formula is C15H15BrN2O2. The van der Waals surface area contributed by atoms with Crippen molar-refractivity contribution >= 4 is 33.2 Å². The lowest BCUT2D eigenvalue weighted by Gasteiger charge is -2.10. The number of hydrogen-bond acceptors (Lipinski definition) is 3. The summed E-state index contributed by atoms with van der Waals surface area (Å²) in [6.07, 6.45) is 0. The van der Waals surface area contributed by atoms with Gasteiger partial charge in [-0.3, -0.25) is 4.79 Å². The Labute approximate surface area is 126 Å². The van der Waals surface area contributed by atoms with Gasteiger partial charge in [-0.15, -0.1) is 0 Å². The number of para-hydroxylation sites is 1. The number of rotatable bonds is 4. The number of carbonyl (C=O) groups excluding carboxylic acids is 1. The Morgan fingerprint density at radius 3 is 2.65 bits per heavy atom. The minimum Gasteiger partial charge on any atom is -0.506 e. The molecule has 0 unspecified atom stereocenters. The van der Waals surface area contributed by atoms with Crippen LogP contribution >= 0.6 is 15.9 Å². The van der Waals surface area contributed by atoms with Crippen LogP contribution in [0.4, 0.5) is 11.4 Å². The Kier molecular flexibility index (Phi) is 4.63. The van der Waals surface area contributed by atoms with Crippen molar-refractivity contribution in [3.05, 3.63) is 52.5 Å². The van der Waals surface area contributed by atoms with Gasteiger partial charge in [0.1, 0.15) is 5.75 Å². The van der Waals surface area contributed by atoms with Gasteiger partial charge in [0.05, 0.1) is 4.47 Å². The molecule has 0 aliphatic heterocycles. The number of amides is 1. The van der Waals surface area contributed by atoms with Crippen molar-refractivity contribution < 1.29 is 9.90 Å². The van der Waals surface area contributed by atoms with Crippen LogP contribution in [0.1, 0.15) is 12.5 Å². The molecule has 0 atom stereocenters. The van der Waals surface area contributed by atoms with E-state index in [1.54, 1.807) is 6.07 Å². The van der Waals surface area contributed by atoms with Crippen molar-refractivity contribution in [3.8, 4) is 5.75 Å². The van der Waals surface area contributed by atoms with Crippen LogP contribution in [0, 0.1) is 0 Å². The first-order valence-corrected chi connectivity index (χ1v) is 6.93. The van der Waals surface area contributed by atoms with Crippen molar-refractivity contribution in [1.82, 2.24) is 0 Å². The lowest BCUT2D eigenvalue weighted by atomic mass is 10.2. The van der Waals surface area contributed by atoms with Crippen molar-refractivity contribution in [2.75, 3.05) is 10.6 Å². The van der Waals surface area contributed by atoms with Gasteiger partial charge in [0.2, 0.25) is 5.91 Å². The third-order valence-electron chi connectivity index (χ3n) is 2.74. The molecule has 0 radical (unpaired) electrons. The summed E-state index contributed by atoms with van der Waals surface area (Å²) in [6.45, 7) is 1.97. The van der Waals surface area contributed by atoms with E-state index in [2.05, 4.69) is 26.6 Å². The van der Waals surface area contributed by atoms with Gasteiger partial charge in [0, 0.05) is 30.4 Å². The largest absolute Gasteiger partial charge is 0.506 e. The van der Waals surface area contributed by atoms with Gasteiger partial charge < -0.3 is 15.7 Å². The molecule has 3 N–H and O–H groups in total. The molecule has 104 valence electrons. The lowest BCUT2D eigenvalue weighted by Crippen LogP contribution is -2.06. The average molecular weight is 335 g/mol. The molecule has 0 heterocycles. The smallest absolute Gasteiger partial charge is 0.221 e. The summed E-state index contributed by atoms with van der Waals surface area (Å²) in [5.41, 5.74) is 2.40. The van der Waals surface area contributed by atoms with Gasteiger partial charge in [-0.2, -0.15) is 0 Å². The summed E-state index contributed by atoms with van der Waals surface area (Å²) in [5, 5.41) is 15.8. The van der Waals surface area contributed by atoms with E-state index in [4.69, 9.17) is 0 Å². The molecule has 1 amide bonds. The molecule has 5 heteroatoms. The zero-order valence-electron chi connectivity index (χ0n) is 11.0. The second-order valence-corrected chi connectivity index (χ2v) is 5.22. The average Bonchev–Trinajstić information content (AvgIpc) is 2.40. The molecule has 0 fully saturated rings.